The van der Waals surface area contributed by atoms with E-state index in [-0.39, 0.29) is 6.10 Å². The first-order chi connectivity index (χ1) is 8.20. The molecule has 0 radical (unpaired) electrons. The van der Waals surface area contributed by atoms with Gasteiger partial charge in [-0.3, -0.25) is 0 Å². The van der Waals surface area contributed by atoms with E-state index in [4.69, 9.17) is 4.74 Å². The summed E-state index contributed by atoms with van der Waals surface area (Å²) in [4.78, 5) is 4.57. The summed E-state index contributed by atoms with van der Waals surface area (Å²) in [6.07, 6.45) is 0.173. The second kappa shape index (κ2) is 5.47. The lowest BCUT2D eigenvalue weighted by molar-refractivity contribution is 0.128. The van der Waals surface area contributed by atoms with Crippen molar-refractivity contribution in [3.05, 3.63) is 34.8 Å². The van der Waals surface area contributed by atoms with Crippen LogP contribution in [0.1, 0.15) is 6.92 Å². The van der Waals surface area contributed by atoms with Gasteiger partial charge in [-0.15, -0.1) is 0 Å². The van der Waals surface area contributed by atoms with E-state index in [2.05, 4.69) is 38.4 Å². The summed E-state index contributed by atoms with van der Waals surface area (Å²) in [5, 5.41) is 4.39. The van der Waals surface area contributed by atoms with E-state index >= 15 is 0 Å². The lowest BCUT2D eigenvalue weighted by Gasteiger charge is -2.11. The van der Waals surface area contributed by atoms with Crippen LogP contribution < -0.4 is 5.32 Å². The summed E-state index contributed by atoms with van der Waals surface area (Å²) >= 11 is 3.51. The molecule has 0 aliphatic carbocycles. The highest BCUT2D eigenvalue weighted by molar-refractivity contribution is 9.10. The lowest BCUT2D eigenvalue weighted by atomic mass is 10.2. The number of ether oxygens (including phenoxy) is 1. The van der Waals surface area contributed by atoms with Crippen LogP contribution in [0.2, 0.25) is 0 Å². The fourth-order valence-corrected chi connectivity index (χ4v) is 2.01. The molecule has 0 bridgehead atoms. The van der Waals surface area contributed by atoms with Crippen LogP contribution in [0.3, 0.4) is 0 Å². The van der Waals surface area contributed by atoms with E-state index in [1.165, 1.54) is 0 Å². The van der Waals surface area contributed by atoms with Crippen molar-refractivity contribution >= 4 is 32.7 Å². The first kappa shape index (κ1) is 12.3. The molecule has 4 heteroatoms. The molecule has 0 saturated heterocycles. The zero-order valence-corrected chi connectivity index (χ0v) is 11.5. The molecule has 1 unspecified atom stereocenters. The molecule has 0 amide bonds. The normalized spacial score (nSPS) is 12.6. The Balaban J connectivity index is 2.22. The van der Waals surface area contributed by atoms with Crippen molar-refractivity contribution < 1.29 is 4.74 Å². The molecule has 90 valence electrons. The molecule has 1 N–H and O–H groups in total. The van der Waals surface area contributed by atoms with Crippen molar-refractivity contribution in [2.45, 2.75) is 13.0 Å². The minimum atomic E-state index is 0.173. The molecule has 2 rings (SSSR count). The zero-order valence-electron chi connectivity index (χ0n) is 9.90. The highest BCUT2D eigenvalue weighted by Crippen LogP contribution is 2.23. The maximum atomic E-state index is 5.18. The minimum absolute atomic E-state index is 0.173. The number of nitrogens with one attached hydrogen (secondary N) is 1. The third-order valence-electron chi connectivity index (χ3n) is 2.64. The maximum absolute atomic E-state index is 5.18. The number of anilines is 1. The Kier molecular flexibility index (Phi) is 3.97. The number of methoxy groups -OCH3 is 1. The average Bonchev–Trinajstić information content (AvgIpc) is 2.36. The smallest absolute Gasteiger partial charge is 0.126 e. The number of benzene rings is 1. The Bertz CT molecular complexity index is 516. The van der Waals surface area contributed by atoms with E-state index in [0.717, 1.165) is 27.7 Å². The van der Waals surface area contributed by atoms with Crippen LogP contribution in [0, 0.1) is 0 Å². The number of hydrogen-bond acceptors (Lipinski definition) is 3. The van der Waals surface area contributed by atoms with Crippen molar-refractivity contribution in [2.75, 3.05) is 19.0 Å². The number of halogens is 1. The molecule has 2 aromatic rings. The van der Waals surface area contributed by atoms with Gasteiger partial charge < -0.3 is 10.1 Å². The molecular weight excluding hydrogens is 280 g/mol. The molecule has 1 heterocycles. The van der Waals surface area contributed by atoms with Gasteiger partial charge in [0.05, 0.1) is 11.6 Å². The molecule has 1 atom stereocenters. The van der Waals surface area contributed by atoms with Crippen LogP contribution in [-0.4, -0.2) is 24.7 Å². The minimum Gasteiger partial charge on any atom is -0.380 e. The number of aromatic nitrogens is 1. The molecular formula is C13H15BrN2O. The summed E-state index contributed by atoms with van der Waals surface area (Å²) in [6.45, 7) is 2.77. The van der Waals surface area contributed by atoms with Gasteiger partial charge in [0.2, 0.25) is 0 Å². The quantitative estimate of drug-likeness (QED) is 0.938. The van der Waals surface area contributed by atoms with Crippen LogP contribution >= 0.6 is 15.9 Å². The highest BCUT2D eigenvalue weighted by Gasteiger charge is 2.03. The predicted octanol–water partition coefficient (Wildman–Crippen LogP) is 3.44. The Morgan fingerprint density at radius 2 is 2.18 bits per heavy atom. The van der Waals surface area contributed by atoms with Crippen LogP contribution in [0.4, 0.5) is 5.82 Å². The summed E-state index contributed by atoms with van der Waals surface area (Å²) in [5.74, 6) is 0.869. The van der Waals surface area contributed by atoms with E-state index in [1.54, 1.807) is 7.11 Å². The van der Waals surface area contributed by atoms with Crippen molar-refractivity contribution in [1.29, 1.82) is 0 Å². The van der Waals surface area contributed by atoms with Gasteiger partial charge >= 0.3 is 0 Å². The number of para-hydroxylation sites is 1. The largest absolute Gasteiger partial charge is 0.380 e. The van der Waals surface area contributed by atoms with Gasteiger partial charge in [-0.25, -0.2) is 4.98 Å². The molecule has 0 spiro atoms. The Labute approximate surface area is 109 Å². The van der Waals surface area contributed by atoms with Gasteiger partial charge in [0.1, 0.15) is 5.82 Å². The Morgan fingerprint density at radius 1 is 1.35 bits per heavy atom. The van der Waals surface area contributed by atoms with Gasteiger partial charge in [-0.2, -0.15) is 0 Å². The fourth-order valence-electron chi connectivity index (χ4n) is 1.54. The van der Waals surface area contributed by atoms with Gasteiger partial charge in [0.15, 0.2) is 0 Å². The molecule has 0 aliphatic rings. The predicted molar refractivity (Wildman–Crippen MR) is 74.4 cm³/mol. The fraction of sp³-hybridized carbons (Fsp3) is 0.308. The van der Waals surface area contributed by atoms with Gasteiger partial charge in [-0.1, -0.05) is 12.1 Å². The van der Waals surface area contributed by atoms with Gasteiger partial charge in [0, 0.05) is 23.5 Å². The monoisotopic (exact) mass is 294 g/mol. The molecule has 0 saturated carbocycles. The van der Waals surface area contributed by atoms with Gasteiger partial charge in [0.25, 0.3) is 0 Å². The van der Waals surface area contributed by atoms with Crippen LogP contribution in [0.25, 0.3) is 10.9 Å². The second-order valence-corrected chi connectivity index (χ2v) is 4.79. The average molecular weight is 295 g/mol. The van der Waals surface area contributed by atoms with Gasteiger partial charge in [-0.05, 0) is 41.1 Å². The van der Waals surface area contributed by atoms with Crippen molar-refractivity contribution in [3.8, 4) is 0 Å². The summed E-state index contributed by atoms with van der Waals surface area (Å²) in [7, 11) is 1.71. The van der Waals surface area contributed by atoms with E-state index < -0.39 is 0 Å². The van der Waals surface area contributed by atoms with E-state index in [1.807, 2.05) is 25.1 Å². The maximum Gasteiger partial charge on any atom is 0.126 e. The second-order valence-electron chi connectivity index (χ2n) is 3.94. The summed E-state index contributed by atoms with van der Waals surface area (Å²) < 4.78 is 6.20. The Hall–Kier alpha value is -1.13. The number of nitrogens with zero attached hydrogens (tertiary/aromatic N) is 1. The van der Waals surface area contributed by atoms with Crippen LogP contribution in [0.5, 0.6) is 0 Å². The van der Waals surface area contributed by atoms with Crippen molar-refractivity contribution in [1.82, 2.24) is 4.98 Å². The number of rotatable bonds is 4. The Morgan fingerprint density at radius 3 is 2.94 bits per heavy atom. The lowest BCUT2D eigenvalue weighted by Crippen LogP contribution is -2.18. The zero-order chi connectivity index (χ0) is 12.3. The topological polar surface area (TPSA) is 34.1 Å². The highest BCUT2D eigenvalue weighted by atomic mass is 79.9. The van der Waals surface area contributed by atoms with Crippen molar-refractivity contribution in [2.24, 2.45) is 0 Å². The first-order valence-corrected chi connectivity index (χ1v) is 6.32. The third-order valence-corrected chi connectivity index (χ3v) is 3.28. The van der Waals surface area contributed by atoms with Crippen LogP contribution in [-0.2, 0) is 4.74 Å². The molecule has 17 heavy (non-hydrogen) atoms. The van der Waals surface area contributed by atoms with Crippen molar-refractivity contribution in [3.63, 3.8) is 0 Å². The molecule has 1 aromatic carbocycles. The SMILES string of the molecule is COC(C)CNc1ccc2cccc(Br)c2n1. The first-order valence-electron chi connectivity index (χ1n) is 5.52. The molecule has 3 nitrogen and oxygen atoms in total. The van der Waals surface area contributed by atoms with Crippen LogP contribution in [0.15, 0.2) is 34.8 Å². The number of pyridine rings is 1. The summed E-state index contributed by atoms with van der Waals surface area (Å²) in [6, 6.07) is 10.1. The van der Waals surface area contributed by atoms with E-state index in [9.17, 15) is 0 Å². The molecule has 0 aliphatic heterocycles. The third kappa shape index (κ3) is 2.96. The molecule has 0 fully saturated rings. The summed E-state index contributed by atoms with van der Waals surface area (Å²) in [5.41, 5.74) is 0.975. The number of hydrogen-bond donors (Lipinski definition) is 1. The number of fused-ring (bicyclic) bond motifs is 1. The standard InChI is InChI=1S/C13H15BrN2O/c1-9(17-2)8-15-12-7-6-10-4-3-5-11(14)13(10)16-12/h3-7,9H,8H2,1-2H3,(H,15,16). The molecule has 1 aromatic heterocycles. The van der Waals surface area contributed by atoms with E-state index in [0.29, 0.717) is 0 Å².